The van der Waals surface area contributed by atoms with Crippen molar-refractivity contribution in [2.75, 3.05) is 13.2 Å². The molecule has 3 atom stereocenters. The SMILES string of the molecule is CCCC[C@@H]1NC(=O)OCCC/C=C/c2cccc(c2)CO[C@@H]2C[C@@H](C(=O)O)N(C2)C1=O. The fourth-order valence-corrected chi connectivity index (χ4v) is 4.03. The lowest BCUT2D eigenvalue weighted by Gasteiger charge is -2.27. The minimum atomic E-state index is -1.07. The zero-order chi connectivity index (χ0) is 22.9. The van der Waals surface area contributed by atoms with Crippen molar-refractivity contribution in [2.24, 2.45) is 0 Å². The molecule has 1 aromatic carbocycles. The first-order valence-corrected chi connectivity index (χ1v) is 11.3. The third-order valence-corrected chi connectivity index (χ3v) is 5.76. The molecule has 32 heavy (non-hydrogen) atoms. The second kappa shape index (κ2) is 11.7. The number of hydrogen-bond donors (Lipinski definition) is 2. The van der Waals surface area contributed by atoms with Gasteiger partial charge in [0.05, 0.1) is 19.3 Å². The molecule has 0 aliphatic carbocycles. The molecule has 0 radical (unpaired) electrons. The average molecular weight is 445 g/mol. The summed E-state index contributed by atoms with van der Waals surface area (Å²) in [5, 5.41) is 12.3. The second-order valence-corrected chi connectivity index (χ2v) is 8.28. The molecule has 3 rings (SSSR count). The Balaban J connectivity index is 1.81. The molecule has 0 unspecified atom stereocenters. The molecule has 1 fully saturated rings. The number of nitrogens with zero attached hydrogens (tertiary/aromatic N) is 1. The summed E-state index contributed by atoms with van der Waals surface area (Å²) in [4.78, 5) is 38.7. The van der Waals surface area contributed by atoms with Crippen LogP contribution in [0.4, 0.5) is 4.79 Å². The van der Waals surface area contributed by atoms with Crippen LogP contribution in [0.2, 0.25) is 0 Å². The van der Waals surface area contributed by atoms with Crippen molar-refractivity contribution in [3.63, 3.8) is 0 Å². The maximum Gasteiger partial charge on any atom is 0.407 e. The van der Waals surface area contributed by atoms with Crippen LogP contribution in [0.25, 0.3) is 6.08 Å². The molecule has 2 aliphatic heterocycles. The number of rotatable bonds is 4. The van der Waals surface area contributed by atoms with Crippen LogP contribution >= 0.6 is 0 Å². The van der Waals surface area contributed by atoms with E-state index in [-0.39, 0.29) is 19.6 Å². The van der Waals surface area contributed by atoms with Crippen LogP contribution < -0.4 is 5.32 Å². The van der Waals surface area contributed by atoms with E-state index in [2.05, 4.69) is 5.32 Å². The molecule has 1 aromatic rings. The van der Waals surface area contributed by atoms with Gasteiger partial charge < -0.3 is 24.8 Å². The largest absolute Gasteiger partial charge is 0.480 e. The van der Waals surface area contributed by atoms with Gasteiger partial charge in [-0.2, -0.15) is 0 Å². The van der Waals surface area contributed by atoms with E-state index in [9.17, 15) is 19.5 Å². The number of carboxylic acids is 1. The van der Waals surface area contributed by atoms with E-state index in [1.165, 1.54) is 4.90 Å². The molecule has 8 nitrogen and oxygen atoms in total. The molecule has 8 heteroatoms. The van der Waals surface area contributed by atoms with Crippen molar-refractivity contribution < 1.29 is 29.0 Å². The molecule has 4 bridgehead atoms. The molecule has 2 heterocycles. The maximum atomic E-state index is 13.2. The minimum Gasteiger partial charge on any atom is -0.480 e. The third kappa shape index (κ3) is 6.56. The van der Waals surface area contributed by atoms with E-state index in [0.29, 0.717) is 19.4 Å². The van der Waals surface area contributed by atoms with Gasteiger partial charge in [0.2, 0.25) is 5.91 Å². The Labute approximate surface area is 188 Å². The number of carbonyl (C=O) groups excluding carboxylic acids is 2. The fraction of sp³-hybridized carbons (Fsp3) is 0.542. The van der Waals surface area contributed by atoms with E-state index in [1.807, 2.05) is 43.3 Å². The number of nitrogens with one attached hydrogen (secondary N) is 1. The first kappa shape index (κ1) is 23.8. The number of carboxylic acid groups (broad SMARTS) is 1. The first-order chi connectivity index (χ1) is 15.5. The van der Waals surface area contributed by atoms with Gasteiger partial charge in [0.1, 0.15) is 12.1 Å². The molecular formula is C24H32N2O6. The minimum absolute atomic E-state index is 0.175. The van der Waals surface area contributed by atoms with Gasteiger partial charge in [-0.1, -0.05) is 50.1 Å². The lowest BCUT2D eigenvalue weighted by atomic mass is 10.1. The highest BCUT2D eigenvalue weighted by atomic mass is 16.5. The van der Waals surface area contributed by atoms with E-state index >= 15 is 0 Å². The number of aliphatic carboxylic acids is 1. The average Bonchev–Trinajstić information content (AvgIpc) is 3.21. The van der Waals surface area contributed by atoms with Gasteiger partial charge in [0.15, 0.2) is 0 Å². The molecule has 2 aliphatic rings. The summed E-state index contributed by atoms with van der Waals surface area (Å²) in [5.74, 6) is -1.47. The number of hydrogen-bond acceptors (Lipinski definition) is 5. The predicted octanol–water partition coefficient (Wildman–Crippen LogP) is 3.35. The third-order valence-electron chi connectivity index (χ3n) is 5.76. The van der Waals surface area contributed by atoms with Crippen molar-refractivity contribution in [3.8, 4) is 0 Å². The van der Waals surface area contributed by atoms with Crippen LogP contribution in [0.3, 0.4) is 0 Å². The topological polar surface area (TPSA) is 105 Å². The highest BCUT2D eigenvalue weighted by Gasteiger charge is 2.42. The summed E-state index contributed by atoms with van der Waals surface area (Å²) >= 11 is 0. The number of carbonyl (C=O) groups is 3. The van der Waals surface area contributed by atoms with E-state index in [4.69, 9.17) is 9.47 Å². The van der Waals surface area contributed by atoms with E-state index in [0.717, 1.165) is 30.4 Å². The van der Waals surface area contributed by atoms with Gasteiger partial charge >= 0.3 is 12.1 Å². The number of allylic oxidation sites excluding steroid dienone is 1. The lowest BCUT2D eigenvalue weighted by Crippen LogP contribution is -2.52. The summed E-state index contributed by atoms with van der Waals surface area (Å²) in [6.07, 6.45) is 6.63. The van der Waals surface area contributed by atoms with Crippen LogP contribution in [0.15, 0.2) is 30.3 Å². The van der Waals surface area contributed by atoms with Crippen molar-refractivity contribution in [2.45, 2.75) is 70.2 Å². The van der Waals surface area contributed by atoms with Crippen molar-refractivity contribution in [1.29, 1.82) is 0 Å². The van der Waals surface area contributed by atoms with Gasteiger partial charge in [-0.05, 0) is 36.5 Å². The summed E-state index contributed by atoms with van der Waals surface area (Å²) in [6, 6.07) is 6.13. The molecular weight excluding hydrogens is 412 g/mol. The zero-order valence-electron chi connectivity index (χ0n) is 18.5. The molecule has 0 saturated carbocycles. The monoisotopic (exact) mass is 444 g/mol. The summed E-state index contributed by atoms with van der Waals surface area (Å²) in [7, 11) is 0. The van der Waals surface area contributed by atoms with Gasteiger partial charge in [-0.3, -0.25) is 4.79 Å². The standard InChI is InChI=1S/C24H32N2O6/c1-2-3-11-20-22(27)26-15-19(14-21(26)23(28)29)32-16-18-10-7-9-17(13-18)8-5-4-6-12-31-24(30)25-20/h5,7-10,13,19-21H,2-4,6,11-12,14-16H2,1H3,(H,25,30)(H,28,29)/b8-5+/t19-,20+,21+/m1/s1. The van der Waals surface area contributed by atoms with Crippen LogP contribution in [0.5, 0.6) is 0 Å². The molecule has 2 N–H and O–H groups in total. The number of fused-ring (bicyclic) bond motifs is 4. The summed E-state index contributed by atoms with van der Waals surface area (Å²) in [5.41, 5.74) is 2.03. The highest BCUT2D eigenvalue weighted by molar-refractivity contribution is 5.89. The smallest absolute Gasteiger partial charge is 0.407 e. The van der Waals surface area contributed by atoms with Crippen molar-refractivity contribution in [1.82, 2.24) is 10.2 Å². The Morgan fingerprint density at radius 1 is 1.31 bits per heavy atom. The molecule has 174 valence electrons. The maximum absolute atomic E-state index is 13.2. The Kier molecular flexibility index (Phi) is 8.67. The summed E-state index contributed by atoms with van der Waals surface area (Å²) < 4.78 is 11.2. The van der Waals surface area contributed by atoms with Crippen LogP contribution in [0, 0.1) is 0 Å². The fourth-order valence-electron chi connectivity index (χ4n) is 4.03. The van der Waals surface area contributed by atoms with E-state index in [1.54, 1.807) is 0 Å². The number of amides is 2. The molecule has 1 saturated heterocycles. The van der Waals surface area contributed by atoms with Gasteiger partial charge in [0, 0.05) is 13.0 Å². The zero-order valence-corrected chi connectivity index (χ0v) is 18.5. The predicted molar refractivity (Wildman–Crippen MR) is 119 cm³/mol. The lowest BCUT2D eigenvalue weighted by molar-refractivity contribution is -0.149. The number of ether oxygens (including phenoxy) is 2. The molecule has 0 aromatic heterocycles. The normalized spacial score (nSPS) is 25.9. The number of benzene rings is 1. The molecule has 0 spiro atoms. The van der Waals surface area contributed by atoms with Crippen LogP contribution in [0.1, 0.15) is 56.6 Å². The van der Waals surface area contributed by atoms with E-state index < -0.39 is 36.2 Å². The van der Waals surface area contributed by atoms with Gasteiger partial charge in [0.25, 0.3) is 0 Å². The number of cyclic esters (lactones) is 1. The highest BCUT2D eigenvalue weighted by Crippen LogP contribution is 2.24. The Morgan fingerprint density at radius 2 is 2.16 bits per heavy atom. The van der Waals surface area contributed by atoms with Gasteiger partial charge in [-0.15, -0.1) is 0 Å². The van der Waals surface area contributed by atoms with Crippen molar-refractivity contribution in [3.05, 3.63) is 41.5 Å². The Bertz CT molecular complexity index is 840. The second-order valence-electron chi connectivity index (χ2n) is 8.28. The number of unbranched alkanes of at least 4 members (excludes halogenated alkanes) is 1. The number of alkyl carbamates (subject to hydrolysis) is 1. The quantitative estimate of drug-likeness (QED) is 0.738. The van der Waals surface area contributed by atoms with Crippen LogP contribution in [-0.4, -0.2) is 59.3 Å². The first-order valence-electron chi connectivity index (χ1n) is 11.3. The Morgan fingerprint density at radius 3 is 2.94 bits per heavy atom. The Hall–Kier alpha value is -2.87. The molecule has 2 amide bonds. The summed E-state index contributed by atoms with van der Waals surface area (Å²) in [6.45, 7) is 2.74. The van der Waals surface area contributed by atoms with Crippen molar-refractivity contribution >= 4 is 24.0 Å². The van der Waals surface area contributed by atoms with Gasteiger partial charge in [-0.25, -0.2) is 9.59 Å². The van der Waals surface area contributed by atoms with Crippen LogP contribution in [-0.2, 0) is 25.7 Å².